The van der Waals surface area contributed by atoms with E-state index in [9.17, 15) is 13.6 Å². The van der Waals surface area contributed by atoms with Crippen molar-refractivity contribution < 1.29 is 13.6 Å². The van der Waals surface area contributed by atoms with Crippen molar-refractivity contribution in [2.45, 2.75) is 6.54 Å². The van der Waals surface area contributed by atoms with Crippen molar-refractivity contribution in [2.75, 3.05) is 5.32 Å². The number of nitrogens with zero attached hydrogens (tertiary/aromatic N) is 2. The first-order chi connectivity index (χ1) is 16.4. The number of rotatable bonds is 5. The lowest BCUT2D eigenvalue weighted by Crippen LogP contribution is -2.31. The number of hydrogen-bond donors (Lipinski definition) is 3. The third-order valence-electron chi connectivity index (χ3n) is 4.74. The Morgan fingerprint density at radius 1 is 0.971 bits per heavy atom. The first-order valence-electron chi connectivity index (χ1n) is 10.0. The molecule has 4 rings (SSSR count). The number of nitrogens with one attached hydrogen (secondary N) is 3. The lowest BCUT2D eigenvalue weighted by atomic mass is 10.2. The highest BCUT2D eigenvalue weighted by atomic mass is 35.5. The predicted octanol–water partition coefficient (Wildman–Crippen LogP) is 6.06. The quantitative estimate of drug-likeness (QED) is 0.230. The van der Waals surface area contributed by atoms with Gasteiger partial charge in [-0.15, -0.1) is 0 Å². The van der Waals surface area contributed by atoms with Gasteiger partial charge >= 0.3 is 0 Å². The molecule has 0 aliphatic carbocycles. The summed E-state index contributed by atoms with van der Waals surface area (Å²) in [5.74, 6) is -1.41. The molecular weight excluding hydrogens is 483 g/mol. The van der Waals surface area contributed by atoms with Crippen LogP contribution in [0.5, 0.6) is 0 Å². The molecule has 0 aliphatic heterocycles. The number of carbonyl (C=O) groups is 1. The topological polar surface area (TPSA) is 82.2 Å². The molecule has 6 nitrogen and oxygen atoms in total. The highest BCUT2D eigenvalue weighted by molar-refractivity contribution is 6.31. The summed E-state index contributed by atoms with van der Waals surface area (Å²) in [6.07, 6.45) is 0. The zero-order chi connectivity index (χ0) is 24.1. The molecule has 0 unspecified atom stereocenters. The third-order valence-corrected chi connectivity index (χ3v) is 5.40. The average molecular weight is 500 g/mol. The largest absolute Gasteiger partial charge is 0.352 e. The minimum atomic E-state index is -0.732. The molecule has 0 atom stereocenters. The molecule has 3 N–H and O–H groups in total. The molecule has 0 fully saturated rings. The van der Waals surface area contributed by atoms with Crippen LogP contribution in [0.25, 0.3) is 11.3 Å². The summed E-state index contributed by atoms with van der Waals surface area (Å²) in [7, 11) is 0. The van der Waals surface area contributed by atoms with Gasteiger partial charge in [-0.05, 0) is 35.9 Å². The normalized spacial score (nSPS) is 11.4. The van der Waals surface area contributed by atoms with E-state index in [1.165, 1.54) is 30.3 Å². The van der Waals surface area contributed by atoms with E-state index in [-0.39, 0.29) is 28.1 Å². The van der Waals surface area contributed by atoms with E-state index in [2.05, 4.69) is 25.8 Å². The van der Waals surface area contributed by atoms with E-state index in [4.69, 9.17) is 23.2 Å². The Bertz CT molecular complexity index is 1360. The number of H-pyrrole nitrogens is 1. The number of aromatic amines is 1. The smallest absolute Gasteiger partial charge is 0.280 e. The van der Waals surface area contributed by atoms with Crippen LogP contribution in [-0.4, -0.2) is 22.1 Å². The van der Waals surface area contributed by atoms with E-state index in [1.54, 1.807) is 6.07 Å². The number of halogens is 4. The van der Waals surface area contributed by atoms with Crippen molar-refractivity contribution in [3.05, 3.63) is 106 Å². The second-order valence-electron chi connectivity index (χ2n) is 7.14. The molecule has 3 aromatic carbocycles. The molecule has 172 valence electrons. The van der Waals surface area contributed by atoms with Crippen molar-refractivity contribution in [3.63, 3.8) is 0 Å². The van der Waals surface area contributed by atoms with Crippen molar-refractivity contribution in [3.8, 4) is 11.3 Å². The number of benzene rings is 3. The lowest BCUT2D eigenvalue weighted by molar-refractivity contribution is 0.100. The number of guanidine groups is 1. The number of aliphatic imine (C=N–C) groups is 1. The molecule has 10 heteroatoms. The highest BCUT2D eigenvalue weighted by Gasteiger charge is 2.13. The Hall–Kier alpha value is -3.75. The zero-order valence-electron chi connectivity index (χ0n) is 17.4. The van der Waals surface area contributed by atoms with Gasteiger partial charge in [0.05, 0.1) is 10.7 Å². The molecule has 0 radical (unpaired) electrons. The summed E-state index contributed by atoms with van der Waals surface area (Å²) >= 11 is 11.8. The monoisotopic (exact) mass is 499 g/mol. The Morgan fingerprint density at radius 3 is 2.50 bits per heavy atom. The van der Waals surface area contributed by atoms with Crippen LogP contribution in [0.2, 0.25) is 10.0 Å². The van der Waals surface area contributed by atoms with Gasteiger partial charge in [0.15, 0.2) is 0 Å². The number of hydrogen-bond acceptors (Lipinski definition) is 2. The second kappa shape index (κ2) is 10.5. The fraction of sp³-hybridized carbons (Fsp3) is 0.0417. The summed E-state index contributed by atoms with van der Waals surface area (Å²) < 4.78 is 27.2. The molecule has 1 heterocycles. The van der Waals surface area contributed by atoms with E-state index in [0.29, 0.717) is 17.1 Å². The molecular formula is C24H17Cl2F2N5O. The molecule has 0 aliphatic rings. The molecule has 4 aromatic rings. The molecule has 0 bridgehead atoms. The SMILES string of the molecule is O=C(/N=C(/NCc1ccc(F)cc1Cl)Nc1cc(-c2ccccc2)n[nH]1)c1ccc(Cl)c(F)c1. The van der Waals surface area contributed by atoms with Gasteiger partial charge in [-0.25, -0.2) is 8.78 Å². The molecule has 0 saturated heterocycles. The van der Waals surface area contributed by atoms with Crippen LogP contribution in [0.1, 0.15) is 15.9 Å². The van der Waals surface area contributed by atoms with Gasteiger partial charge in [0.1, 0.15) is 17.5 Å². The first-order valence-corrected chi connectivity index (χ1v) is 10.8. The summed E-state index contributed by atoms with van der Waals surface area (Å²) in [5, 5.41) is 13.1. The molecule has 0 saturated carbocycles. The van der Waals surface area contributed by atoms with Gasteiger partial charge in [-0.1, -0.05) is 59.6 Å². The van der Waals surface area contributed by atoms with E-state index in [0.717, 1.165) is 11.6 Å². The van der Waals surface area contributed by atoms with Crippen LogP contribution < -0.4 is 10.6 Å². The minimum Gasteiger partial charge on any atom is -0.352 e. The van der Waals surface area contributed by atoms with Gasteiger partial charge in [-0.3, -0.25) is 9.89 Å². The van der Waals surface area contributed by atoms with Crippen LogP contribution >= 0.6 is 23.2 Å². The van der Waals surface area contributed by atoms with Crippen LogP contribution in [-0.2, 0) is 6.54 Å². The van der Waals surface area contributed by atoms with Gasteiger partial charge in [-0.2, -0.15) is 10.1 Å². The second-order valence-corrected chi connectivity index (χ2v) is 7.96. The molecule has 1 aromatic heterocycles. The minimum absolute atomic E-state index is 0.0115. The first kappa shape index (κ1) is 23.4. The summed E-state index contributed by atoms with van der Waals surface area (Å²) in [6.45, 7) is 0.132. The Morgan fingerprint density at radius 2 is 1.76 bits per heavy atom. The standard InChI is InChI=1S/C24H17Cl2F2N5O/c25-18-9-7-15(10-20(18)28)23(34)31-24(29-13-16-6-8-17(27)11-19(16)26)30-22-12-21(32-33-22)14-4-2-1-3-5-14/h1-12H,13H2,(H3,29,30,31,32,33,34). The highest BCUT2D eigenvalue weighted by Crippen LogP contribution is 2.20. The van der Waals surface area contributed by atoms with Crippen LogP contribution in [0.4, 0.5) is 14.6 Å². The zero-order valence-corrected chi connectivity index (χ0v) is 19.0. The van der Waals surface area contributed by atoms with Crippen molar-refractivity contribution in [1.29, 1.82) is 0 Å². The lowest BCUT2D eigenvalue weighted by Gasteiger charge is -2.12. The maximum Gasteiger partial charge on any atom is 0.280 e. The maximum atomic E-state index is 13.8. The van der Waals surface area contributed by atoms with Crippen LogP contribution in [0.3, 0.4) is 0 Å². The van der Waals surface area contributed by atoms with Gasteiger partial charge in [0, 0.05) is 28.8 Å². The Balaban J connectivity index is 1.59. The number of aromatic nitrogens is 2. The van der Waals surface area contributed by atoms with E-state index >= 15 is 0 Å². The number of carbonyl (C=O) groups excluding carboxylic acids is 1. The fourth-order valence-electron chi connectivity index (χ4n) is 3.02. The number of anilines is 1. The van der Waals surface area contributed by atoms with Crippen LogP contribution in [0.15, 0.2) is 77.8 Å². The van der Waals surface area contributed by atoms with E-state index in [1.807, 2.05) is 30.3 Å². The number of amides is 1. The molecule has 0 spiro atoms. The molecule has 1 amide bonds. The maximum absolute atomic E-state index is 13.8. The third kappa shape index (κ3) is 5.78. The van der Waals surface area contributed by atoms with Crippen molar-refractivity contribution in [2.24, 2.45) is 4.99 Å². The Kier molecular flexibility index (Phi) is 7.20. The van der Waals surface area contributed by atoms with Gasteiger partial charge in [0.25, 0.3) is 5.91 Å². The summed E-state index contributed by atoms with van der Waals surface area (Å²) in [6, 6.07) is 18.9. The summed E-state index contributed by atoms with van der Waals surface area (Å²) in [5.41, 5.74) is 2.16. The molecule has 34 heavy (non-hydrogen) atoms. The van der Waals surface area contributed by atoms with E-state index < -0.39 is 17.5 Å². The van der Waals surface area contributed by atoms with Gasteiger partial charge in [0.2, 0.25) is 5.96 Å². The summed E-state index contributed by atoms with van der Waals surface area (Å²) in [4.78, 5) is 16.7. The Labute approximate surface area is 203 Å². The fourth-order valence-corrected chi connectivity index (χ4v) is 3.37. The van der Waals surface area contributed by atoms with Crippen LogP contribution in [0, 0.1) is 11.6 Å². The average Bonchev–Trinajstić information content (AvgIpc) is 3.29. The van der Waals surface area contributed by atoms with Crippen molar-refractivity contribution in [1.82, 2.24) is 15.5 Å². The predicted molar refractivity (Wildman–Crippen MR) is 129 cm³/mol. The van der Waals surface area contributed by atoms with Gasteiger partial charge < -0.3 is 10.6 Å². The van der Waals surface area contributed by atoms with Crippen molar-refractivity contribution >= 4 is 40.9 Å².